The van der Waals surface area contributed by atoms with Crippen LogP contribution in [0.2, 0.25) is 0 Å². The second-order valence-corrected chi connectivity index (χ2v) is 3.20. The lowest BCUT2D eigenvalue weighted by atomic mass is 10.2. The van der Waals surface area contributed by atoms with Gasteiger partial charge in [-0.2, -0.15) is 0 Å². The molecule has 0 saturated carbocycles. The fourth-order valence-corrected chi connectivity index (χ4v) is 1.27. The van der Waals surface area contributed by atoms with Crippen LogP contribution in [-0.2, 0) is 4.74 Å². The van der Waals surface area contributed by atoms with Crippen molar-refractivity contribution >= 4 is 5.69 Å². The Kier molecular flexibility index (Phi) is 5.35. The van der Waals surface area contributed by atoms with Crippen molar-refractivity contribution in [3.8, 4) is 12.3 Å². The molecule has 0 unspecified atom stereocenters. The maximum absolute atomic E-state index is 5.32. The molecular weight excluding hydrogens is 186 g/mol. The topological polar surface area (TPSA) is 21.3 Å². The van der Waals surface area contributed by atoms with Crippen LogP contribution in [0.5, 0.6) is 0 Å². The van der Waals surface area contributed by atoms with Gasteiger partial charge in [-0.05, 0) is 31.5 Å². The predicted molar refractivity (Wildman–Crippen MR) is 64.0 cm³/mol. The molecule has 0 aliphatic heterocycles. The number of nitrogens with one attached hydrogen (secondary N) is 1. The highest BCUT2D eigenvalue weighted by Crippen LogP contribution is 2.09. The molecule has 0 saturated heterocycles. The summed E-state index contributed by atoms with van der Waals surface area (Å²) in [7, 11) is 0. The maximum atomic E-state index is 5.32. The maximum Gasteiger partial charge on any atom is 0.0482 e. The monoisotopic (exact) mass is 203 g/mol. The molecule has 1 N–H and O–H groups in total. The zero-order chi connectivity index (χ0) is 10.9. The van der Waals surface area contributed by atoms with E-state index in [9.17, 15) is 0 Å². The molecule has 0 atom stereocenters. The molecule has 0 aliphatic rings. The van der Waals surface area contributed by atoms with Crippen molar-refractivity contribution in [3.63, 3.8) is 0 Å². The van der Waals surface area contributed by atoms with Gasteiger partial charge < -0.3 is 10.1 Å². The summed E-state index contributed by atoms with van der Waals surface area (Å²) >= 11 is 0. The minimum Gasteiger partial charge on any atom is -0.385 e. The van der Waals surface area contributed by atoms with Gasteiger partial charge in [0.05, 0.1) is 0 Å². The van der Waals surface area contributed by atoms with Crippen LogP contribution < -0.4 is 5.32 Å². The minimum atomic E-state index is 0.784. The van der Waals surface area contributed by atoms with Crippen LogP contribution in [0, 0.1) is 12.3 Å². The highest BCUT2D eigenvalue weighted by atomic mass is 16.5. The van der Waals surface area contributed by atoms with Crippen LogP contribution in [0.1, 0.15) is 18.9 Å². The molecule has 2 heteroatoms. The van der Waals surface area contributed by atoms with Gasteiger partial charge in [-0.15, -0.1) is 6.42 Å². The van der Waals surface area contributed by atoms with E-state index in [1.165, 1.54) is 0 Å². The van der Waals surface area contributed by atoms with Crippen LogP contribution in [0.15, 0.2) is 24.3 Å². The van der Waals surface area contributed by atoms with Gasteiger partial charge in [-0.3, -0.25) is 0 Å². The molecule has 0 bridgehead atoms. The van der Waals surface area contributed by atoms with E-state index in [1.54, 1.807) is 0 Å². The summed E-state index contributed by atoms with van der Waals surface area (Å²) in [5.41, 5.74) is 1.98. The van der Waals surface area contributed by atoms with Crippen molar-refractivity contribution in [2.24, 2.45) is 0 Å². The number of terminal acetylenes is 1. The second-order valence-electron chi connectivity index (χ2n) is 3.20. The smallest absolute Gasteiger partial charge is 0.0482 e. The summed E-state index contributed by atoms with van der Waals surface area (Å²) in [5, 5.41) is 3.30. The molecule has 0 heterocycles. The van der Waals surface area contributed by atoms with Gasteiger partial charge in [-0.25, -0.2) is 0 Å². The lowest BCUT2D eigenvalue weighted by Gasteiger charge is -2.06. The second kappa shape index (κ2) is 6.92. The Morgan fingerprint density at radius 3 is 3.07 bits per heavy atom. The number of hydrogen-bond acceptors (Lipinski definition) is 2. The van der Waals surface area contributed by atoms with Crippen LogP contribution in [-0.4, -0.2) is 19.8 Å². The van der Waals surface area contributed by atoms with Crippen molar-refractivity contribution in [2.45, 2.75) is 13.3 Å². The van der Waals surface area contributed by atoms with Crippen LogP contribution in [0.3, 0.4) is 0 Å². The van der Waals surface area contributed by atoms with Crippen molar-refractivity contribution in [1.82, 2.24) is 0 Å². The quantitative estimate of drug-likeness (QED) is 0.566. The van der Waals surface area contributed by atoms with Gasteiger partial charge in [0.15, 0.2) is 0 Å². The Bertz CT molecular complexity index is 328. The van der Waals surface area contributed by atoms with Gasteiger partial charge in [0.25, 0.3) is 0 Å². The first-order chi connectivity index (χ1) is 7.36. The summed E-state index contributed by atoms with van der Waals surface area (Å²) in [6, 6.07) is 7.87. The average Bonchev–Trinajstić information content (AvgIpc) is 2.29. The van der Waals surface area contributed by atoms with Gasteiger partial charge in [0, 0.05) is 31.0 Å². The van der Waals surface area contributed by atoms with E-state index < -0.39 is 0 Å². The summed E-state index contributed by atoms with van der Waals surface area (Å²) in [6.07, 6.45) is 6.32. The standard InChI is InChI=1S/C13H17NO/c1-3-12-7-5-8-13(11-12)14-9-6-10-15-4-2/h1,5,7-8,11,14H,4,6,9-10H2,2H3. The number of benzene rings is 1. The highest BCUT2D eigenvalue weighted by molar-refractivity contribution is 5.49. The third kappa shape index (κ3) is 4.53. The van der Waals surface area contributed by atoms with E-state index >= 15 is 0 Å². The molecule has 0 amide bonds. The third-order valence-electron chi connectivity index (χ3n) is 2.03. The summed E-state index contributed by atoms with van der Waals surface area (Å²) < 4.78 is 5.24. The first-order valence-electron chi connectivity index (χ1n) is 5.25. The number of rotatable bonds is 6. The molecule has 0 aromatic heterocycles. The lowest BCUT2D eigenvalue weighted by Crippen LogP contribution is -2.05. The van der Waals surface area contributed by atoms with Crippen molar-refractivity contribution in [2.75, 3.05) is 25.1 Å². The van der Waals surface area contributed by atoms with Gasteiger partial charge in [0.2, 0.25) is 0 Å². The molecule has 15 heavy (non-hydrogen) atoms. The molecule has 2 nitrogen and oxygen atoms in total. The minimum absolute atomic E-state index is 0.784. The molecular formula is C13H17NO. The molecule has 0 fully saturated rings. The Morgan fingerprint density at radius 1 is 1.47 bits per heavy atom. The third-order valence-corrected chi connectivity index (χ3v) is 2.03. The highest BCUT2D eigenvalue weighted by Gasteiger charge is 1.92. The van der Waals surface area contributed by atoms with Gasteiger partial charge in [-0.1, -0.05) is 12.0 Å². The van der Waals surface area contributed by atoms with E-state index in [2.05, 4.69) is 11.2 Å². The summed E-state index contributed by atoms with van der Waals surface area (Å²) in [4.78, 5) is 0. The van der Waals surface area contributed by atoms with Crippen LogP contribution in [0.25, 0.3) is 0 Å². The van der Waals surface area contributed by atoms with E-state index in [0.29, 0.717) is 0 Å². The van der Waals surface area contributed by atoms with E-state index in [4.69, 9.17) is 11.2 Å². The fourth-order valence-electron chi connectivity index (χ4n) is 1.27. The molecule has 0 spiro atoms. The normalized spacial score (nSPS) is 9.60. The zero-order valence-corrected chi connectivity index (χ0v) is 9.12. The van der Waals surface area contributed by atoms with Gasteiger partial charge in [0.1, 0.15) is 0 Å². The predicted octanol–water partition coefficient (Wildman–Crippen LogP) is 2.51. The molecule has 1 rings (SSSR count). The largest absolute Gasteiger partial charge is 0.385 e. The van der Waals surface area contributed by atoms with Crippen molar-refractivity contribution < 1.29 is 4.74 Å². The SMILES string of the molecule is C#Cc1cccc(NCCCOCC)c1. The van der Waals surface area contributed by atoms with Crippen molar-refractivity contribution in [3.05, 3.63) is 29.8 Å². The van der Waals surface area contributed by atoms with Crippen molar-refractivity contribution in [1.29, 1.82) is 0 Å². The van der Waals surface area contributed by atoms with Crippen LogP contribution >= 0.6 is 0 Å². The Balaban J connectivity index is 2.28. The Morgan fingerprint density at radius 2 is 2.33 bits per heavy atom. The van der Waals surface area contributed by atoms with E-state index in [-0.39, 0.29) is 0 Å². The first kappa shape index (κ1) is 11.6. The zero-order valence-electron chi connectivity index (χ0n) is 9.12. The van der Waals surface area contributed by atoms with E-state index in [0.717, 1.165) is 37.4 Å². The Hall–Kier alpha value is -1.46. The number of anilines is 1. The summed E-state index contributed by atoms with van der Waals surface area (Å²) in [6.45, 7) is 4.50. The fraction of sp³-hybridized carbons (Fsp3) is 0.385. The van der Waals surface area contributed by atoms with Crippen LogP contribution in [0.4, 0.5) is 5.69 Å². The lowest BCUT2D eigenvalue weighted by molar-refractivity contribution is 0.147. The summed E-state index contributed by atoms with van der Waals surface area (Å²) in [5.74, 6) is 2.61. The molecule has 80 valence electrons. The first-order valence-corrected chi connectivity index (χ1v) is 5.25. The molecule has 0 radical (unpaired) electrons. The molecule has 0 aliphatic carbocycles. The molecule has 1 aromatic rings. The molecule has 1 aromatic carbocycles. The Labute approximate surface area is 91.6 Å². The van der Waals surface area contributed by atoms with E-state index in [1.807, 2.05) is 31.2 Å². The average molecular weight is 203 g/mol. The van der Waals surface area contributed by atoms with Gasteiger partial charge >= 0.3 is 0 Å². The number of ether oxygens (including phenoxy) is 1. The number of hydrogen-bond donors (Lipinski definition) is 1.